The normalized spacial score (nSPS) is 13.7. The molecule has 0 atom stereocenters. The molecule has 0 unspecified atom stereocenters. The molecule has 25 heavy (non-hydrogen) atoms. The second-order valence-corrected chi connectivity index (χ2v) is 6.33. The van der Waals surface area contributed by atoms with E-state index >= 15 is 0 Å². The number of nitrogens with one attached hydrogen (secondary N) is 1. The van der Waals surface area contributed by atoms with Crippen LogP contribution in [0.4, 0.5) is 5.69 Å². The highest BCUT2D eigenvalue weighted by Crippen LogP contribution is 2.37. The van der Waals surface area contributed by atoms with Crippen molar-refractivity contribution in [3.63, 3.8) is 0 Å². The number of carbonyl (C=O) groups is 1. The zero-order chi connectivity index (χ0) is 17.4. The van der Waals surface area contributed by atoms with E-state index in [2.05, 4.69) is 25.6 Å². The van der Waals surface area contributed by atoms with Crippen LogP contribution in [0.25, 0.3) is 5.69 Å². The van der Waals surface area contributed by atoms with E-state index in [0.717, 1.165) is 29.9 Å². The van der Waals surface area contributed by atoms with Crippen LogP contribution >= 0.6 is 0 Å². The first kappa shape index (κ1) is 15.4. The van der Waals surface area contributed by atoms with E-state index in [1.807, 2.05) is 38.1 Å². The van der Waals surface area contributed by atoms with Crippen LogP contribution in [0.1, 0.15) is 46.3 Å². The number of hydrogen-bond donors (Lipinski definition) is 1. The van der Waals surface area contributed by atoms with Gasteiger partial charge in [0.15, 0.2) is 5.69 Å². The van der Waals surface area contributed by atoms with Crippen molar-refractivity contribution < 1.29 is 4.79 Å². The largest absolute Gasteiger partial charge is 0.318 e. The molecular formula is C18H18N6O. The van der Waals surface area contributed by atoms with Crippen LogP contribution in [0.2, 0.25) is 0 Å². The maximum Gasteiger partial charge on any atom is 0.278 e. The highest BCUT2D eigenvalue weighted by molar-refractivity contribution is 6.03. The number of benzene rings is 1. The molecule has 7 nitrogen and oxygen atoms in total. The van der Waals surface area contributed by atoms with Crippen molar-refractivity contribution in [1.82, 2.24) is 25.0 Å². The number of amides is 1. The quantitative estimate of drug-likeness (QED) is 0.793. The van der Waals surface area contributed by atoms with Gasteiger partial charge < -0.3 is 5.32 Å². The third-order valence-corrected chi connectivity index (χ3v) is 4.26. The van der Waals surface area contributed by atoms with E-state index in [9.17, 15) is 4.79 Å². The van der Waals surface area contributed by atoms with Crippen molar-refractivity contribution in [3.05, 3.63) is 59.4 Å². The van der Waals surface area contributed by atoms with E-state index in [1.54, 1.807) is 17.1 Å². The molecule has 1 amide bonds. The Morgan fingerprint density at radius 1 is 1.12 bits per heavy atom. The van der Waals surface area contributed by atoms with Crippen molar-refractivity contribution >= 4 is 11.6 Å². The van der Waals surface area contributed by atoms with E-state index in [0.29, 0.717) is 17.3 Å². The average Bonchev–Trinajstić information content (AvgIpc) is 3.39. The monoisotopic (exact) mass is 334 g/mol. The molecule has 126 valence electrons. The van der Waals surface area contributed by atoms with Crippen LogP contribution in [-0.4, -0.2) is 30.9 Å². The average molecular weight is 334 g/mol. The summed E-state index contributed by atoms with van der Waals surface area (Å²) < 4.78 is 1.65. The summed E-state index contributed by atoms with van der Waals surface area (Å²) in [6.45, 7) is 3.84. The molecule has 1 aliphatic carbocycles. The first-order valence-corrected chi connectivity index (χ1v) is 8.24. The van der Waals surface area contributed by atoms with Crippen LogP contribution < -0.4 is 5.32 Å². The molecule has 0 bridgehead atoms. The Labute approximate surface area is 145 Å². The van der Waals surface area contributed by atoms with Crippen molar-refractivity contribution in [2.45, 2.75) is 32.6 Å². The van der Waals surface area contributed by atoms with E-state index < -0.39 is 0 Å². The van der Waals surface area contributed by atoms with E-state index in [4.69, 9.17) is 0 Å². The molecule has 2 aromatic heterocycles. The number of nitrogens with zero attached hydrogens (tertiary/aromatic N) is 5. The predicted octanol–water partition coefficient (Wildman–Crippen LogP) is 2.80. The fraction of sp³-hybridized carbons (Fsp3) is 0.278. The summed E-state index contributed by atoms with van der Waals surface area (Å²) in [7, 11) is 0. The van der Waals surface area contributed by atoms with Gasteiger partial charge in [0.05, 0.1) is 29.5 Å². The summed E-state index contributed by atoms with van der Waals surface area (Å²) in [5.41, 5.74) is 3.54. The minimum atomic E-state index is -0.321. The molecule has 0 saturated heterocycles. The van der Waals surface area contributed by atoms with Crippen LogP contribution in [-0.2, 0) is 0 Å². The second kappa shape index (κ2) is 6.08. The van der Waals surface area contributed by atoms with E-state index in [-0.39, 0.29) is 11.6 Å². The lowest BCUT2D eigenvalue weighted by atomic mass is 10.2. The van der Waals surface area contributed by atoms with Crippen LogP contribution in [0.15, 0.2) is 36.7 Å². The van der Waals surface area contributed by atoms with Gasteiger partial charge in [-0.25, -0.2) is 14.6 Å². The molecule has 1 aliphatic rings. The van der Waals surface area contributed by atoms with Gasteiger partial charge in [-0.1, -0.05) is 22.9 Å². The number of rotatable bonds is 4. The van der Waals surface area contributed by atoms with Gasteiger partial charge in [-0.15, -0.1) is 5.10 Å². The van der Waals surface area contributed by atoms with Crippen LogP contribution in [0, 0.1) is 13.8 Å². The van der Waals surface area contributed by atoms with Gasteiger partial charge in [-0.2, -0.15) is 0 Å². The van der Waals surface area contributed by atoms with Gasteiger partial charge in [0, 0.05) is 5.92 Å². The van der Waals surface area contributed by atoms with Gasteiger partial charge >= 0.3 is 0 Å². The SMILES string of the molecule is Cc1ccc(-n2nnc(C(=O)Nc3cnc(C4CC4)nc3)c2C)cc1. The molecule has 1 N–H and O–H groups in total. The maximum absolute atomic E-state index is 12.5. The molecule has 3 aromatic rings. The molecule has 1 saturated carbocycles. The zero-order valence-corrected chi connectivity index (χ0v) is 14.1. The molecular weight excluding hydrogens is 316 g/mol. The third-order valence-electron chi connectivity index (χ3n) is 4.26. The highest BCUT2D eigenvalue weighted by atomic mass is 16.2. The van der Waals surface area contributed by atoms with Crippen molar-refractivity contribution in [1.29, 1.82) is 0 Å². The summed E-state index contributed by atoms with van der Waals surface area (Å²) in [5, 5.41) is 10.9. The molecule has 2 heterocycles. The van der Waals surface area contributed by atoms with E-state index in [1.165, 1.54) is 0 Å². The Morgan fingerprint density at radius 2 is 1.80 bits per heavy atom. The van der Waals surface area contributed by atoms with Gasteiger partial charge in [0.25, 0.3) is 5.91 Å². The summed E-state index contributed by atoms with van der Waals surface area (Å²) in [6.07, 6.45) is 5.57. The zero-order valence-electron chi connectivity index (χ0n) is 14.1. The molecule has 0 radical (unpaired) electrons. The molecule has 7 heteroatoms. The predicted molar refractivity (Wildman–Crippen MR) is 92.8 cm³/mol. The summed E-state index contributed by atoms with van der Waals surface area (Å²) in [4.78, 5) is 21.1. The Kier molecular flexibility index (Phi) is 3.76. The van der Waals surface area contributed by atoms with Gasteiger partial charge in [0.2, 0.25) is 0 Å². The highest BCUT2D eigenvalue weighted by Gasteiger charge is 2.26. The number of hydrogen-bond acceptors (Lipinski definition) is 5. The molecule has 4 rings (SSSR count). The smallest absolute Gasteiger partial charge is 0.278 e. The van der Waals surface area contributed by atoms with Gasteiger partial charge in [0.1, 0.15) is 5.82 Å². The topological polar surface area (TPSA) is 85.6 Å². The Hall–Kier alpha value is -3.09. The summed E-state index contributed by atoms with van der Waals surface area (Å²) >= 11 is 0. The molecule has 0 spiro atoms. The summed E-state index contributed by atoms with van der Waals surface area (Å²) in [6, 6.07) is 7.89. The Morgan fingerprint density at radius 3 is 2.44 bits per heavy atom. The lowest BCUT2D eigenvalue weighted by molar-refractivity contribution is 0.102. The lowest BCUT2D eigenvalue weighted by Gasteiger charge is -2.05. The minimum Gasteiger partial charge on any atom is -0.318 e. The number of anilines is 1. The van der Waals surface area contributed by atoms with Gasteiger partial charge in [-0.05, 0) is 38.8 Å². The Balaban J connectivity index is 1.53. The van der Waals surface area contributed by atoms with Crippen molar-refractivity contribution in [2.75, 3.05) is 5.32 Å². The van der Waals surface area contributed by atoms with Crippen LogP contribution in [0.3, 0.4) is 0 Å². The third kappa shape index (κ3) is 3.13. The van der Waals surface area contributed by atoms with Gasteiger partial charge in [-0.3, -0.25) is 4.79 Å². The first-order chi connectivity index (χ1) is 12.1. The van der Waals surface area contributed by atoms with Crippen LogP contribution in [0.5, 0.6) is 0 Å². The van der Waals surface area contributed by atoms with Crippen molar-refractivity contribution in [3.8, 4) is 5.69 Å². The molecule has 0 aliphatic heterocycles. The molecule has 1 fully saturated rings. The number of aryl methyl sites for hydroxylation is 1. The number of aromatic nitrogens is 5. The standard InChI is InChI=1S/C18H18N6O/c1-11-3-7-15(8-4-11)24-12(2)16(22-23-24)18(25)21-14-9-19-17(20-10-14)13-5-6-13/h3-4,7-10,13H,5-6H2,1-2H3,(H,21,25). The lowest BCUT2D eigenvalue weighted by Crippen LogP contribution is -2.14. The number of carbonyl (C=O) groups excluding carboxylic acids is 1. The minimum absolute atomic E-state index is 0.284. The first-order valence-electron chi connectivity index (χ1n) is 8.24. The van der Waals surface area contributed by atoms with Crippen molar-refractivity contribution in [2.24, 2.45) is 0 Å². The maximum atomic E-state index is 12.5. The second-order valence-electron chi connectivity index (χ2n) is 6.33. The fourth-order valence-electron chi connectivity index (χ4n) is 2.62. The fourth-order valence-corrected chi connectivity index (χ4v) is 2.62. The molecule has 1 aromatic carbocycles. The summed E-state index contributed by atoms with van der Waals surface area (Å²) in [5.74, 6) is 1.01. The Bertz CT molecular complexity index is 910.